The van der Waals surface area contributed by atoms with Gasteiger partial charge in [0.05, 0.1) is 11.2 Å². The number of aryl methyl sites for hydroxylation is 4. The number of hydrogen-bond acceptors (Lipinski definition) is 6. The van der Waals surface area contributed by atoms with E-state index < -0.39 is 0 Å². The molecule has 0 saturated heterocycles. The van der Waals surface area contributed by atoms with Gasteiger partial charge < -0.3 is 14.4 Å². The fourth-order valence-electron chi connectivity index (χ4n) is 5.12. The first-order valence-electron chi connectivity index (χ1n) is 13.3. The molecule has 1 aliphatic heterocycles. The summed E-state index contributed by atoms with van der Waals surface area (Å²) in [7, 11) is 0. The highest BCUT2D eigenvalue weighted by Gasteiger charge is 2.22. The first-order chi connectivity index (χ1) is 19.3. The van der Waals surface area contributed by atoms with E-state index in [1.165, 1.54) is 0 Å². The minimum absolute atomic E-state index is 0.0649. The third-order valence-electron chi connectivity index (χ3n) is 7.12. The summed E-state index contributed by atoms with van der Waals surface area (Å²) in [5.41, 5.74) is 7.06. The van der Waals surface area contributed by atoms with Crippen LogP contribution in [0, 0.1) is 27.7 Å². The SMILES string of the molecule is Cc1cccc(-c2nc3cc(C)ccc3cc2CN(Cc2ccc3c(c2)OCO3)C(=O)Cn2nc(C)nc2C)c1. The average molecular weight is 534 g/mol. The first kappa shape index (κ1) is 25.6. The van der Waals surface area contributed by atoms with Crippen LogP contribution >= 0.6 is 0 Å². The maximum absolute atomic E-state index is 13.9. The van der Waals surface area contributed by atoms with Crippen molar-refractivity contribution in [1.29, 1.82) is 0 Å². The van der Waals surface area contributed by atoms with Crippen molar-refractivity contribution in [3.63, 3.8) is 0 Å². The van der Waals surface area contributed by atoms with Gasteiger partial charge in [-0.15, -0.1) is 0 Å². The Balaban J connectivity index is 1.41. The third kappa shape index (κ3) is 5.25. The Kier molecular flexibility index (Phi) is 6.67. The molecule has 0 atom stereocenters. The molecular weight excluding hydrogens is 502 g/mol. The summed E-state index contributed by atoms with van der Waals surface area (Å²) in [6.07, 6.45) is 0. The van der Waals surface area contributed by atoms with Gasteiger partial charge in [0.2, 0.25) is 12.7 Å². The molecule has 6 rings (SSSR count). The summed E-state index contributed by atoms with van der Waals surface area (Å²) >= 11 is 0. The number of ether oxygens (including phenoxy) is 2. The monoisotopic (exact) mass is 533 g/mol. The molecule has 0 N–H and O–H groups in total. The first-order valence-corrected chi connectivity index (χ1v) is 13.3. The van der Waals surface area contributed by atoms with Crippen LogP contribution in [0.5, 0.6) is 11.5 Å². The summed E-state index contributed by atoms with van der Waals surface area (Å²) in [4.78, 5) is 25.2. The number of aromatic nitrogens is 4. The lowest BCUT2D eigenvalue weighted by atomic mass is 10.0. The van der Waals surface area contributed by atoms with Crippen molar-refractivity contribution in [1.82, 2.24) is 24.6 Å². The summed E-state index contributed by atoms with van der Waals surface area (Å²) in [6.45, 7) is 8.90. The Morgan fingerprint density at radius 3 is 2.50 bits per heavy atom. The zero-order valence-corrected chi connectivity index (χ0v) is 23.1. The molecule has 8 heteroatoms. The number of benzene rings is 3. The van der Waals surface area contributed by atoms with Gasteiger partial charge in [-0.25, -0.2) is 14.6 Å². The van der Waals surface area contributed by atoms with E-state index in [0.717, 1.165) is 44.4 Å². The molecule has 1 aliphatic rings. The molecule has 0 unspecified atom stereocenters. The molecule has 40 heavy (non-hydrogen) atoms. The van der Waals surface area contributed by atoms with Gasteiger partial charge in [0.15, 0.2) is 11.5 Å². The van der Waals surface area contributed by atoms with Crippen LogP contribution in [0.2, 0.25) is 0 Å². The zero-order valence-electron chi connectivity index (χ0n) is 23.1. The molecule has 0 spiro atoms. The topological polar surface area (TPSA) is 82.4 Å². The number of rotatable bonds is 7. The summed E-state index contributed by atoms with van der Waals surface area (Å²) in [5, 5.41) is 5.46. The van der Waals surface area contributed by atoms with Gasteiger partial charge in [0, 0.05) is 24.0 Å². The Morgan fingerprint density at radius 2 is 1.70 bits per heavy atom. The molecule has 202 valence electrons. The Morgan fingerprint density at radius 1 is 0.875 bits per heavy atom. The molecular formula is C32H31N5O3. The van der Waals surface area contributed by atoms with Crippen molar-refractivity contribution in [3.05, 3.63) is 101 Å². The zero-order chi connectivity index (χ0) is 27.8. The normalized spacial score (nSPS) is 12.2. The van der Waals surface area contributed by atoms with Crippen molar-refractivity contribution < 1.29 is 14.3 Å². The van der Waals surface area contributed by atoms with Crippen LogP contribution < -0.4 is 9.47 Å². The number of hydrogen-bond donors (Lipinski definition) is 0. The summed E-state index contributed by atoms with van der Waals surface area (Å²) < 4.78 is 12.8. The van der Waals surface area contributed by atoms with E-state index in [9.17, 15) is 4.79 Å². The fourth-order valence-corrected chi connectivity index (χ4v) is 5.12. The molecule has 0 aliphatic carbocycles. The van der Waals surface area contributed by atoms with Crippen LogP contribution in [0.4, 0.5) is 0 Å². The Bertz CT molecular complexity index is 1740. The van der Waals surface area contributed by atoms with Crippen LogP contribution in [0.3, 0.4) is 0 Å². The fraction of sp³-hybridized carbons (Fsp3) is 0.250. The van der Waals surface area contributed by atoms with E-state index in [4.69, 9.17) is 14.5 Å². The van der Waals surface area contributed by atoms with Gasteiger partial charge in [-0.3, -0.25) is 4.79 Å². The van der Waals surface area contributed by atoms with Gasteiger partial charge >= 0.3 is 0 Å². The number of nitrogens with zero attached hydrogens (tertiary/aromatic N) is 5. The quantitative estimate of drug-likeness (QED) is 0.268. The lowest BCUT2D eigenvalue weighted by Crippen LogP contribution is -2.34. The molecule has 3 heterocycles. The molecule has 1 amide bonds. The van der Waals surface area contributed by atoms with Gasteiger partial charge in [-0.05, 0) is 74.7 Å². The average Bonchev–Trinajstić information content (AvgIpc) is 3.52. The van der Waals surface area contributed by atoms with E-state index in [0.29, 0.717) is 36.2 Å². The predicted molar refractivity (Wildman–Crippen MR) is 153 cm³/mol. The van der Waals surface area contributed by atoms with Gasteiger partial charge in [0.25, 0.3) is 0 Å². The largest absolute Gasteiger partial charge is 0.454 e. The highest BCUT2D eigenvalue weighted by atomic mass is 16.7. The second kappa shape index (κ2) is 10.4. The van der Waals surface area contributed by atoms with Crippen LogP contribution in [-0.4, -0.2) is 37.3 Å². The molecule has 0 radical (unpaired) electrons. The van der Waals surface area contributed by atoms with Crippen molar-refractivity contribution >= 4 is 16.8 Å². The number of carbonyl (C=O) groups is 1. The predicted octanol–water partition coefficient (Wildman–Crippen LogP) is 5.68. The molecule has 0 bridgehead atoms. The van der Waals surface area contributed by atoms with Crippen molar-refractivity contribution in [2.75, 3.05) is 6.79 Å². The minimum Gasteiger partial charge on any atom is -0.454 e. The smallest absolute Gasteiger partial charge is 0.244 e. The minimum atomic E-state index is -0.0649. The molecule has 0 fully saturated rings. The maximum atomic E-state index is 13.9. The third-order valence-corrected chi connectivity index (χ3v) is 7.12. The molecule has 2 aromatic heterocycles. The second-order valence-electron chi connectivity index (χ2n) is 10.4. The van der Waals surface area contributed by atoms with Crippen molar-refractivity contribution in [2.45, 2.75) is 47.3 Å². The van der Waals surface area contributed by atoms with Crippen LogP contribution in [0.15, 0.2) is 66.7 Å². The molecule has 3 aromatic carbocycles. The van der Waals surface area contributed by atoms with Gasteiger partial charge in [-0.1, -0.05) is 42.0 Å². The van der Waals surface area contributed by atoms with Crippen LogP contribution in [0.1, 0.15) is 33.9 Å². The standard InChI is InChI=1S/C32H31N5O3/c1-20-6-5-7-26(12-20)32-27(15-25-10-8-21(2)13-28(25)34-32)17-36(31(38)18-37-23(4)33-22(3)35-37)16-24-9-11-29-30(14-24)40-19-39-29/h5-15H,16-19H2,1-4H3. The number of pyridine rings is 1. The highest BCUT2D eigenvalue weighted by molar-refractivity contribution is 5.84. The number of carbonyl (C=O) groups excluding carboxylic acids is 1. The van der Waals surface area contributed by atoms with E-state index in [1.54, 1.807) is 4.68 Å². The lowest BCUT2D eigenvalue weighted by Gasteiger charge is -2.25. The Hall–Kier alpha value is -4.72. The van der Waals surface area contributed by atoms with Crippen molar-refractivity contribution in [2.24, 2.45) is 0 Å². The van der Waals surface area contributed by atoms with Gasteiger partial charge in [0.1, 0.15) is 18.2 Å². The van der Waals surface area contributed by atoms with Gasteiger partial charge in [-0.2, -0.15) is 5.10 Å². The van der Waals surface area contributed by atoms with E-state index in [-0.39, 0.29) is 19.2 Å². The summed E-state index contributed by atoms with van der Waals surface area (Å²) in [5.74, 6) is 2.69. The summed E-state index contributed by atoms with van der Waals surface area (Å²) in [6, 6.07) is 22.6. The lowest BCUT2D eigenvalue weighted by molar-refractivity contribution is -0.133. The number of fused-ring (bicyclic) bond motifs is 2. The second-order valence-corrected chi connectivity index (χ2v) is 10.4. The van der Waals surface area contributed by atoms with E-state index in [2.05, 4.69) is 66.4 Å². The Labute approximate surface area is 233 Å². The molecule has 0 saturated carbocycles. The highest BCUT2D eigenvalue weighted by Crippen LogP contribution is 2.33. The van der Waals surface area contributed by atoms with E-state index in [1.807, 2.05) is 43.0 Å². The van der Waals surface area contributed by atoms with Crippen LogP contribution in [0.25, 0.3) is 22.2 Å². The molecule has 8 nitrogen and oxygen atoms in total. The molecule has 5 aromatic rings. The van der Waals surface area contributed by atoms with Crippen LogP contribution in [-0.2, 0) is 24.4 Å². The van der Waals surface area contributed by atoms with E-state index >= 15 is 0 Å². The number of amides is 1. The maximum Gasteiger partial charge on any atom is 0.244 e. The van der Waals surface area contributed by atoms with Crippen molar-refractivity contribution in [3.8, 4) is 22.8 Å².